The lowest BCUT2D eigenvalue weighted by atomic mass is 10.0. The molecule has 0 saturated carbocycles. The predicted octanol–water partition coefficient (Wildman–Crippen LogP) is 2.84. The van der Waals surface area contributed by atoms with Gasteiger partial charge in [-0.1, -0.05) is 0 Å². The lowest BCUT2D eigenvalue weighted by molar-refractivity contribution is -0.116. The van der Waals surface area contributed by atoms with Crippen LogP contribution in [0.1, 0.15) is 18.9 Å². The van der Waals surface area contributed by atoms with Crippen molar-refractivity contribution in [3.05, 3.63) is 52.4 Å². The molecule has 2 aromatic rings. The van der Waals surface area contributed by atoms with Crippen molar-refractivity contribution >= 4 is 5.78 Å². The molecule has 0 saturated heterocycles. The smallest absolute Gasteiger partial charge is 0.336 e. The van der Waals surface area contributed by atoms with Crippen molar-refractivity contribution in [2.45, 2.75) is 19.8 Å². The van der Waals surface area contributed by atoms with Crippen molar-refractivity contribution in [2.24, 2.45) is 0 Å². The summed E-state index contributed by atoms with van der Waals surface area (Å²) in [5, 5.41) is 0. The number of hydrogen-bond acceptors (Lipinski definition) is 4. The third kappa shape index (κ3) is 3.35. The van der Waals surface area contributed by atoms with Crippen molar-refractivity contribution in [3.8, 4) is 17.1 Å². The van der Waals surface area contributed by atoms with E-state index in [0.29, 0.717) is 18.6 Å². The second-order valence-corrected chi connectivity index (χ2v) is 4.54. The minimum absolute atomic E-state index is 0.108. The molecule has 0 unspecified atom stereocenters. The number of Topliss-reactive ketones (excluding diaryl/α,β-unsaturated/α-hetero) is 1. The van der Waals surface area contributed by atoms with Crippen LogP contribution in [0.5, 0.6) is 5.75 Å². The van der Waals surface area contributed by atoms with Crippen LogP contribution in [0.3, 0.4) is 0 Å². The van der Waals surface area contributed by atoms with Crippen LogP contribution in [0.25, 0.3) is 11.3 Å². The van der Waals surface area contributed by atoms with Crippen molar-refractivity contribution < 1.29 is 13.9 Å². The first-order chi connectivity index (χ1) is 9.60. The summed E-state index contributed by atoms with van der Waals surface area (Å²) in [5.41, 5.74) is 1.24. The molecule has 1 aromatic heterocycles. The molecule has 0 aliphatic heterocycles. The molecular formula is C16H16O4. The summed E-state index contributed by atoms with van der Waals surface area (Å²) in [7, 11) is 1.59. The summed E-state index contributed by atoms with van der Waals surface area (Å²) < 4.78 is 10.4. The van der Waals surface area contributed by atoms with Gasteiger partial charge in [-0.2, -0.15) is 0 Å². The molecular weight excluding hydrogens is 256 g/mol. The van der Waals surface area contributed by atoms with E-state index < -0.39 is 5.63 Å². The number of benzene rings is 1. The van der Waals surface area contributed by atoms with E-state index in [2.05, 4.69) is 0 Å². The van der Waals surface area contributed by atoms with Crippen molar-refractivity contribution in [1.82, 2.24) is 0 Å². The molecule has 1 aromatic carbocycles. The van der Waals surface area contributed by atoms with Gasteiger partial charge in [0.1, 0.15) is 17.3 Å². The molecule has 0 aliphatic rings. The van der Waals surface area contributed by atoms with Gasteiger partial charge >= 0.3 is 5.63 Å². The SMILES string of the molecule is COc1ccc(-c2oc(=O)ccc2CCC(C)=O)cc1. The van der Waals surface area contributed by atoms with Crippen LogP contribution in [-0.4, -0.2) is 12.9 Å². The zero-order chi connectivity index (χ0) is 14.5. The third-order valence-corrected chi connectivity index (χ3v) is 3.01. The summed E-state index contributed by atoms with van der Waals surface area (Å²) in [6.07, 6.45) is 0.983. The quantitative estimate of drug-likeness (QED) is 0.839. The summed E-state index contributed by atoms with van der Waals surface area (Å²) in [4.78, 5) is 22.5. The number of carbonyl (C=O) groups excluding carboxylic acids is 1. The molecule has 20 heavy (non-hydrogen) atoms. The maximum atomic E-state index is 11.4. The third-order valence-electron chi connectivity index (χ3n) is 3.01. The minimum atomic E-state index is -0.401. The van der Waals surface area contributed by atoms with Gasteiger partial charge in [0.15, 0.2) is 0 Å². The van der Waals surface area contributed by atoms with E-state index in [9.17, 15) is 9.59 Å². The van der Waals surface area contributed by atoms with Gasteiger partial charge in [0.2, 0.25) is 0 Å². The predicted molar refractivity (Wildman–Crippen MR) is 76.0 cm³/mol. The molecule has 4 nitrogen and oxygen atoms in total. The fourth-order valence-corrected chi connectivity index (χ4v) is 1.94. The van der Waals surface area contributed by atoms with Gasteiger partial charge < -0.3 is 13.9 Å². The van der Waals surface area contributed by atoms with E-state index in [1.165, 1.54) is 6.07 Å². The van der Waals surface area contributed by atoms with E-state index in [1.54, 1.807) is 32.2 Å². The van der Waals surface area contributed by atoms with E-state index >= 15 is 0 Å². The van der Waals surface area contributed by atoms with Crippen molar-refractivity contribution in [1.29, 1.82) is 0 Å². The Morgan fingerprint density at radius 1 is 1.15 bits per heavy atom. The number of methoxy groups -OCH3 is 1. The summed E-state index contributed by atoms with van der Waals surface area (Å²) in [5.74, 6) is 1.36. The minimum Gasteiger partial charge on any atom is -0.497 e. The first-order valence-corrected chi connectivity index (χ1v) is 6.37. The molecule has 0 spiro atoms. The Morgan fingerprint density at radius 3 is 2.45 bits per heavy atom. The molecule has 0 N–H and O–H groups in total. The maximum absolute atomic E-state index is 11.4. The fraction of sp³-hybridized carbons (Fsp3) is 0.250. The van der Waals surface area contributed by atoms with Crippen LogP contribution in [0.15, 0.2) is 45.6 Å². The van der Waals surface area contributed by atoms with Crippen LogP contribution < -0.4 is 10.4 Å². The average molecular weight is 272 g/mol. The van der Waals surface area contributed by atoms with Gasteiger partial charge in [-0.15, -0.1) is 0 Å². The highest BCUT2D eigenvalue weighted by atomic mass is 16.5. The largest absolute Gasteiger partial charge is 0.497 e. The molecule has 0 aliphatic carbocycles. The first kappa shape index (κ1) is 14.1. The van der Waals surface area contributed by atoms with E-state index in [4.69, 9.17) is 9.15 Å². The first-order valence-electron chi connectivity index (χ1n) is 6.37. The topological polar surface area (TPSA) is 56.5 Å². The fourth-order valence-electron chi connectivity index (χ4n) is 1.94. The maximum Gasteiger partial charge on any atom is 0.336 e. The van der Waals surface area contributed by atoms with Gasteiger partial charge in [-0.25, -0.2) is 4.79 Å². The van der Waals surface area contributed by atoms with E-state index in [-0.39, 0.29) is 5.78 Å². The molecule has 4 heteroatoms. The van der Waals surface area contributed by atoms with Gasteiger partial charge in [0, 0.05) is 18.1 Å². The Kier molecular flexibility index (Phi) is 4.35. The van der Waals surface area contributed by atoms with Crippen LogP contribution in [0.2, 0.25) is 0 Å². The van der Waals surface area contributed by atoms with Crippen LogP contribution in [-0.2, 0) is 11.2 Å². The van der Waals surface area contributed by atoms with Gasteiger partial charge in [0.25, 0.3) is 0 Å². The van der Waals surface area contributed by atoms with Gasteiger partial charge in [-0.05, 0) is 49.2 Å². The van der Waals surface area contributed by atoms with E-state index in [1.807, 2.05) is 12.1 Å². The Bertz CT molecular complexity index is 653. The summed E-state index contributed by atoms with van der Waals surface area (Å²) in [6, 6.07) is 10.4. The average Bonchev–Trinajstić information content (AvgIpc) is 2.46. The van der Waals surface area contributed by atoms with Gasteiger partial charge in [0.05, 0.1) is 7.11 Å². The van der Waals surface area contributed by atoms with Crippen LogP contribution in [0.4, 0.5) is 0 Å². The highest BCUT2D eigenvalue weighted by Crippen LogP contribution is 2.25. The number of carbonyl (C=O) groups is 1. The molecule has 0 atom stereocenters. The highest BCUT2D eigenvalue weighted by molar-refractivity contribution is 5.76. The number of rotatable bonds is 5. The number of ketones is 1. The van der Waals surface area contributed by atoms with E-state index in [0.717, 1.165) is 16.9 Å². The number of hydrogen-bond donors (Lipinski definition) is 0. The monoisotopic (exact) mass is 272 g/mol. The lowest BCUT2D eigenvalue weighted by Gasteiger charge is -2.07. The highest BCUT2D eigenvalue weighted by Gasteiger charge is 2.10. The second kappa shape index (κ2) is 6.19. The molecule has 0 fully saturated rings. The van der Waals surface area contributed by atoms with Gasteiger partial charge in [-0.3, -0.25) is 0 Å². The number of ether oxygens (including phenoxy) is 1. The van der Waals surface area contributed by atoms with Crippen LogP contribution >= 0.6 is 0 Å². The molecule has 104 valence electrons. The Labute approximate surface area is 117 Å². The van der Waals surface area contributed by atoms with Crippen molar-refractivity contribution in [3.63, 3.8) is 0 Å². The molecule has 0 amide bonds. The summed E-state index contributed by atoms with van der Waals surface area (Å²) >= 11 is 0. The standard InChI is InChI=1S/C16H16O4/c1-11(17)3-4-12-7-10-15(18)20-16(12)13-5-8-14(19-2)9-6-13/h5-10H,3-4H2,1-2H3. The normalized spacial score (nSPS) is 10.3. The van der Waals surface area contributed by atoms with Crippen molar-refractivity contribution in [2.75, 3.05) is 7.11 Å². The number of aryl methyl sites for hydroxylation is 1. The molecule has 1 heterocycles. The Morgan fingerprint density at radius 2 is 1.85 bits per heavy atom. The molecule has 0 bridgehead atoms. The molecule has 0 radical (unpaired) electrons. The van der Waals surface area contributed by atoms with Crippen LogP contribution in [0, 0.1) is 0 Å². The summed E-state index contributed by atoms with van der Waals surface area (Å²) in [6.45, 7) is 1.55. The zero-order valence-electron chi connectivity index (χ0n) is 11.5. The lowest BCUT2D eigenvalue weighted by Crippen LogP contribution is -2.02. The zero-order valence-corrected chi connectivity index (χ0v) is 11.5. The Balaban J connectivity index is 2.39. The molecule has 2 rings (SSSR count). The second-order valence-electron chi connectivity index (χ2n) is 4.54. The Hall–Kier alpha value is -2.36.